The third kappa shape index (κ3) is 1.56. The molecule has 2 aromatic rings. The minimum atomic E-state index is -0.804. The predicted molar refractivity (Wildman–Crippen MR) is 48.9 cm³/mol. The molecule has 0 saturated carbocycles. The van der Waals surface area contributed by atoms with E-state index in [1.165, 1.54) is 0 Å². The van der Waals surface area contributed by atoms with E-state index in [1.807, 2.05) is 18.2 Å². The zero-order chi connectivity index (χ0) is 9.97. The van der Waals surface area contributed by atoms with Gasteiger partial charge in [-0.3, -0.25) is 4.79 Å². The second-order valence-electron chi connectivity index (χ2n) is 2.98. The number of aromatic nitrogens is 3. The number of aliphatic carboxylic acids is 1. The smallest absolute Gasteiger partial charge is 0.303 e. The standard InChI is InChI=1S/C9H9N3O2/c13-9(14)5-4-7-2-1-3-8-6-10-11-12(7)8/h1-3,6H,4-5H2,(H,13,14). The second kappa shape index (κ2) is 3.45. The number of hydrogen-bond donors (Lipinski definition) is 1. The van der Waals surface area contributed by atoms with Gasteiger partial charge in [-0.1, -0.05) is 11.3 Å². The molecule has 0 atom stereocenters. The van der Waals surface area contributed by atoms with Gasteiger partial charge < -0.3 is 5.11 Å². The van der Waals surface area contributed by atoms with Gasteiger partial charge in [-0.15, -0.1) is 5.10 Å². The summed E-state index contributed by atoms with van der Waals surface area (Å²) in [5, 5.41) is 16.2. The monoisotopic (exact) mass is 191 g/mol. The molecule has 5 heteroatoms. The first-order chi connectivity index (χ1) is 6.77. The van der Waals surface area contributed by atoms with Crippen molar-refractivity contribution in [3.8, 4) is 0 Å². The van der Waals surface area contributed by atoms with Gasteiger partial charge >= 0.3 is 5.97 Å². The van der Waals surface area contributed by atoms with E-state index >= 15 is 0 Å². The van der Waals surface area contributed by atoms with E-state index in [9.17, 15) is 4.79 Å². The SMILES string of the molecule is O=C(O)CCc1cccc2cnnn12. The average molecular weight is 191 g/mol. The zero-order valence-corrected chi connectivity index (χ0v) is 7.42. The van der Waals surface area contributed by atoms with Crippen LogP contribution in [0.25, 0.3) is 5.52 Å². The maximum Gasteiger partial charge on any atom is 0.303 e. The molecule has 0 amide bonds. The van der Waals surface area contributed by atoms with E-state index in [0.29, 0.717) is 6.42 Å². The topological polar surface area (TPSA) is 67.5 Å². The minimum Gasteiger partial charge on any atom is -0.481 e. The highest BCUT2D eigenvalue weighted by Gasteiger charge is 2.03. The summed E-state index contributed by atoms with van der Waals surface area (Å²) in [6.07, 6.45) is 2.22. The van der Waals surface area contributed by atoms with Crippen LogP contribution in [0.15, 0.2) is 24.4 Å². The number of hydrogen-bond acceptors (Lipinski definition) is 3. The van der Waals surface area contributed by atoms with Crippen LogP contribution in [-0.4, -0.2) is 25.9 Å². The first-order valence-corrected chi connectivity index (χ1v) is 4.27. The third-order valence-electron chi connectivity index (χ3n) is 2.00. The highest BCUT2D eigenvalue weighted by atomic mass is 16.4. The van der Waals surface area contributed by atoms with Crippen molar-refractivity contribution >= 4 is 11.5 Å². The Balaban J connectivity index is 2.32. The molecule has 0 radical (unpaired) electrons. The van der Waals surface area contributed by atoms with Gasteiger partial charge in [0.05, 0.1) is 18.1 Å². The number of carboxylic acid groups (broad SMARTS) is 1. The van der Waals surface area contributed by atoms with Crippen LogP contribution in [0, 0.1) is 0 Å². The van der Waals surface area contributed by atoms with Gasteiger partial charge in [0.2, 0.25) is 0 Å². The summed E-state index contributed by atoms with van der Waals surface area (Å²) in [6, 6.07) is 5.60. The molecule has 72 valence electrons. The van der Waals surface area contributed by atoms with Gasteiger partial charge in [-0.05, 0) is 12.1 Å². The minimum absolute atomic E-state index is 0.110. The van der Waals surface area contributed by atoms with Crippen molar-refractivity contribution in [2.75, 3.05) is 0 Å². The van der Waals surface area contributed by atoms with E-state index in [1.54, 1.807) is 10.7 Å². The largest absolute Gasteiger partial charge is 0.481 e. The first kappa shape index (κ1) is 8.68. The second-order valence-corrected chi connectivity index (χ2v) is 2.98. The summed E-state index contributed by atoms with van der Waals surface area (Å²) in [5.74, 6) is -0.804. The molecule has 0 aromatic carbocycles. The third-order valence-corrected chi connectivity index (χ3v) is 2.00. The van der Waals surface area contributed by atoms with Gasteiger partial charge in [-0.2, -0.15) is 0 Å². The molecule has 0 fully saturated rings. The number of rotatable bonds is 3. The number of carboxylic acids is 1. The van der Waals surface area contributed by atoms with Crippen LogP contribution in [-0.2, 0) is 11.2 Å². The van der Waals surface area contributed by atoms with Crippen LogP contribution in [0.3, 0.4) is 0 Å². The number of fused-ring (bicyclic) bond motifs is 1. The van der Waals surface area contributed by atoms with Crippen molar-refractivity contribution < 1.29 is 9.90 Å². The van der Waals surface area contributed by atoms with Crippen molar-refractivity contribution in [2.24, 2.45) is 0 Å². The molecule has 14 heavy (non-hydrogen) atoms. The Kier molecular flexibility index (Phi) is 2.14. The number of pyridine rings is 1. The van der Waals surface area contributed by atoms with Crippen molar-refractivity contribution in [1.82, 2.24) is 14.8 Å². The highest BCUT2D eigenvalue weighted by Crippen LogP contribution is 2.06. The summed E-state index contributed by atoms with van der Waals surface area (Å²) in [7, 11) is 0. The predicted octanol–water partition coefficient (Wildman–Crippen LogP) is 0.746. The molecule has 1 N–H and O–H groups in total. The fourth-order valence-corrected chi connectivity index (χ4v) is 1.33. The van der Waals surface area contributed by atoms with E-state index in [-0.39, 0.29) is 6.42 Å². The van der Waals surface area contributed by atoms with Crippen molar-refractivity contribution in [2.45, 2.75) is 12.8 Å². The average Bonchev–Trinajstić information content (AvgIpc) is 2.62. The Morgan fingerprint density at radius 3 is 3.14 bits per heavy atom. The van der Waals surface area contributed by atoms with Gasteiger partial charge in [-0.25, -0.2) is 4.52 Å². The van der Waals surface area contributed by atoms with Gasteiger partial charge in [0, 0.05) is 12.1 Å². The van der Waals surface area contributed by atoms with Crippen molar-refractivity contribution in [3.63, 3.8) is 0 Å². The fourth-order valence-electron chi connectivity index (χ4n) is 1.33. The zero-order valence-electron chi connectivity index (χ0n) is 7.42. The summed E-state index contributed by atoms with van der Waals surface area (Å²) >= 11 is 0. The molecule has 5 nitrogen and oxygen atoms in total. The molecule has 0 aliphatic carbocycles. The molecule has 0 bridgehead atoms. The fraction of sp³-hybridized carbons (Fsp3) is 0.222. The highest BCUT2D eigenvalue weighted by molar-refractivity contribution is 5.67. The molecular weight excluding hydrogens is 182 g/mol. The van der Waals surface area contributed by atoms with Gasteiger partial charge in [0.15, 0.2) is 0 Å². The number of carbonyl (C=O) groups is 1. The van der Waals surface area contributed by atoms with Crippen LogP contribution in [0.4, 0.5) is 0 Å². The lowest BCUT2D eigenvalue weighted by molar-refractivity contribution is -0.136. The summed E-state index contributed by atoms with van der Waals surface area (Å²) in [6.45, 7) is 0. The molecule has 0 aliphatic heterocycles. The lowest BCUT2D eigenvalue weighted by Crippen LogP contribution is -2.03. The molecule has 2 aromatic heterocycles. The molecule has 2 rings (SSSR count). The van der Waals surface area contributed by atoms with Crippen molar-refractivity contribution in [3.05, 3.63) is 30.1 Å². The van der Waals surface area contributed by atoms with E-state index in [0.717, 1.165) is 11.2 Å². The van der Waals surface area contributed by atoms with E-state index < -0.39 is 5.97 Å². The summed E-state index contributed by atoms with van der Waals surface area (Å²) < 4.78 is 1.66. The Morgan fingerprint density at radius 1 is 1.50 bits per heavy atom. The Morgan fingerprint density at radius 2 is 2.36 bits per heavy atom. The molecule has 0 saturated heterocycles. The quantitative estimate of drug-likeness (QED) is 0.777. The van der Waals surface area contributed by atoms with Crippen LogP contribution in [0.5, 0.6) is 0 Å². The summed E-state index contributed by atoms with van der Waals surface area (Å²) in [4.78, 5) is 10.4. The van der Waals surface area contributed by atoms with Crippen LogP contribution in [0.2, 0.25) is 0 Å². The van der Waals surface area contributed by atoms with Crippen molar-refractivity contribution in [1.29, 1.82) is 0 Å². The Bertz CT molecular complexity index is 464. The lowest BCUT2D eigenvalue weighted by Gasteiger charge is -2.00. The molecule has 0 aliphatic rings. The van der Waals surface area contributed by atoms with Gasteiger partial charge in [0.25, 0.3) is 0 Å². The number of aryl methyl sites for hydroxylation is 1. The molecular formula is C9H9N3O2. The lowest BCUT2D eigenvalue weighted by atomic mass is 10.2. The molecule has 0 spiro atoms. The Hall–Kier alpha value is -1.91. The number of nitrogens with zero attached hydrogens (tertiary/aromatic N) is 3. The van der Waals surface area contributed by atoms with E-state index in [2.05, 4.69) is 10.3 Å². The first-order valence-electron chi connectivity index (χ1n) is 4.27. The Labute approximate surface area is 80.0 Å². The van der Waals surface area contributed by atoms with Crippen LogP contribution < -0.4 is 0 Å². The summed E-state index contributed by atoms with van der Waals surface area (Å²) in [5.41, 5.74) is 1.75. The molecule has 2 heterocycles. The molecule has 0 unspecified atom stereocenters. The van der Waals surface area contributed by atoms with E-state index in [4.69, 9.17) is 5.11 Å². The van der Waals surface area contributed by atoms with Crippen LogP contribution >= 0.6 is 0 Å². The van der Waals surface area contributed by atoms with Crippen LogP contribution in [0.1, 0.15) is 12.1 Å². The van der Waals surface area contributed by atoms with Gasteiger partial charge in [0.1, 0.15) is 0 Å². The normalized spacial score (nSPS) is 10.6. The maximum atomic E-state index is 10.4. The maximum absolute atomic E-state index is 10.4.